The van der Waals surface area contributed by atoms with E-state index in [0.29, 0.717) is 23.2 Å². The Kier molecular flexibility index (Phi) is 4.60. The third-order valence-electron chi connectivity index (χ3n) is 3.16. The van der Waals surface area contributed by atoms with Gasteiger partial charge in [-0.2, -0.15) is 0 Å². The first-order valence-corrected chi connectivity index (χ1v) is 7.66. The van der Waals surface area contributed by atoms with Gasteiger partial charge in [-0.05, 0) is 50.5 Å². The second-order valence-corrected chi connectivity index (χ2v) is 6.86. The third kappa shape index (κ3) is 3.92. The van der Waals surface area contributed by atoms with Gasteiger partial charge in [-0.25, -0.2) is 13.1 Å². The highest BCUT2D eigenvalue weighted by molar-refractivity contribution is 7.89. The molecular formula is C13H22N2O3S. The van der Waals surface area contributed by atoms with Crippen LogP contribution in [0.4, 0.5) is 5.69 Å². The van der Waals surface area contributed by atoms with Crippen LogP contribution in [0.15, 0.2) is 17.0 Å². The number of hydrogen-bond donors (Lipinski definition) is 3. The standard InChI is InChI=1S/C13H22N2O3S/c1-5-13(4,16)8-15-19(17,18)12-9(2)6-11(14)7-10(12)3/h6-7,15-16H,5,8,14H2,1-4H3. The zero-order valence-corrected chi connectivity index (χ0v) is 12.6. The summed E-state index contributed by atoms with van der Waals surface area (Å²) in [4.78, 5) is 0.230. The topological polar surface area (TPSA) is 92.4 Å². The van der Waals surface area contributed by atoms with Gasteiger partial charge in [-0.3, -0.25) is 0 Å². The highest BCUT2D eigenvalue weighted by Crippen LogP contribution is 2.23. The second kappa shape index (κ2) is 5.48. The molecule has 1 aromatic rings. The van der Waals surface area contributed by atoms with E-state index in [1.807, 2.05) is 0 Å². The Balaban J connectivity index is 3.09. The van der Waals surface area contributed by atoms with Crippen molar-refractivity contribution in [1.82, 2.24) is 4.72 Å². The monoisotopic (exact) mass is 286 g/mol. The van der Waals surface area contributed by atoms with Crippen molar-refractivity contribution in [2.24, 2.45) is 0 Å². The summed E-state index contributed by atoms with van der Waals surface area (Å²) in [6.07, 6.45) is 0.467. The Morgan fingerprint density at radius 2 is 1.79 bits per heavy atom. The number of aliphatic hydroxyl groups is 1. The first kappa shape index (κ1) is 15.9. The van der Waals surface area contributed by atoms with Gasteiger partial charge in [0, 0.05) is 12.2 Å². The molecule has 0 heterocycles. The van der Waals surface area contributed by atoms with Crippen LogP contribution in [-0.2, 0) is 10.0 Å². The van der Waals surface area contributed by atoms with Crippen molar-refractivity contribution in [1.29, 1.82) is 0 Å². The Morgan fingerprint density at radius 1 is 1.32 bits per heavy atom. The highest BCUT2D eigenvalue weighted by Gasteiger charge is 2.24. The minimum Gasteiger partial charge on any atom is -0.399 e. The van der Waals surface area contributed by atoms with Crippen LogP contribution in [0.3, 0.4) is 0 Å². The lowest BCUT2D eigenvalue weighted by atomic mass is 10.1. The summed E-state index contributed by atoms with van der Waals surface area (Å²) in [5.74, 6) is 0. The molecule has 0 saturated carbocycles. The average molecular weight is 286 g/mol. The molecule has 0 fully saturated rings. The fourth-order valence-electron chi connectivity index (χ4n) is 1.86. The maximum absolute atomic E-state index is 12.3. The van der Waals surface area contributed by atoms with Crippen molar-refractivity contribution in [3.63, 3.8) is 0 Å². The Bertz CT molecular complexity index is 542. The molecule has 108 valence electrons. The van der Waals surface area contributed by atoms with Gasteiger partial charge in [-0.15, -0.1) is 0 Å². The molecule has 0 radical (unpaired) electrons. The van der Waals surface area contributed by atoms with Crippen LogP contribution in [0.5, 0.6) is 0 Å². The average Bonchev–Trinajstić information content (AvgIpc) is 2.25. The maximum atomic E-state index is 12.3. The van der Waals surface area contributed by atoms with Crippen molar-refractivity contribution in [2.75, 3.05) is 12.3 Å². The molecule has 0 aliphatic carbocycles. The zero-order valence-electron chi connectivity index (χ0n) is 11.8. The number of nitrogen functional groups attached to an aromatic ring is 1. The summed E-state index contributed by atoms with van der Waals surface area (Å²) in [6, 6.07) is 3.25. The van der Waals surface area contributed by atoms with E-state index in [1.54, 1.807) is 39.8 Å². The van der Waals surface area contributed by atoms with E-state index < -0.39 is 15.6 Å². The second-order valence-electron chi connectivity index (χ2n) is 5.16. The Labute approximate surface area is 114 Å². The summed E-state index contributed by atoms with van der Waals surface area (Å²) in [6.45, 7) is 6.78. The number of anilines is 1. The molecule has 5 nitrogen and oxygen atoms in total. The van der Waals surface area contributed by atoms with Gasteiger partial charge in [0.05, 0.1) is 10.5 Å². The molecule has 19 heavy (non-hydrogen) atoms. The minimum atomic E-state index is -3.65. The summed E-state index contributed by atoms with van der Waals surface area (Å²) >= 11 is 0. The molecule has 0 aliphatic rings. The van der Waals surface area contributed by atoms with Gasteiger partial charge in [-0.1, -0.05) is 6.92 Å². The van der Waals surface area contributed by atoms with Crippen LogP contribution in [0, 0.1) is 13.8 Å². The smallest absolute Gasteiger partial charge is 0.241 e. The van der Waals surface area contributed by atoms with Gasteiger partial charge in [0.15, 0.2) is 0 Å². The predicted molar refractivity (Wildman–Crippen MR) is 76.4 cm³/mol. The van der Waals surface area contributed by atoms with Crippen LogP contribution < -0.4 is 10.5 Å². The van der Waals surface area contributed by atoms with Crippen molar-refractivity contribution in [3.8, 4) is 0 Å². The summed E-state index contributed by atoms with van der Waals surface area (Å²) < 4.78 is 27.0. The summed E-state index contributed by atoms with van der Waals surface area (Å²) in [7, 11) is -3.65. The largest absolute Gasteiger partial charge is 0.399 e. The molecule has 1 aromatic carbocycles. The predicted octanol–water partition coefficient (Wildman–Crippen LogP) is 1.32. The van der Waals surface area contributed by atoms with Crippen LogP contribution in [-0.4, -0.2) is 25.7 Å². The molecule has 0 aromatic heterocycles. The molecule has 0 saturated heterocycles. The minimum absolute atomic E-state index is 0.0188. The molecule has 4 N–H and O–H groups in total. The zero-order chi connectivity index (χ0) is 14.8. The van der Waals surface area contributed by atoms with Crippen LogP contribution in [0.25, 0.3) is 0 Å². The summed E-state index contributed by atoms with van der Waals surface area (Å²) in [5.41, 5.74) is 6.36. The molecule has 6 heteroatoms. The van der Waals surface area contributed by atoms with Crippen molar-refractivity contribution in [2.45, 2.75) is 44.6 Å². The SMILES string of the molecule is CCC(C)(O)CNS(=O)(=O)c1c(C)cc(N)cc1C. The van der Waals surface area contributed by atoms with Crippen LogP contribution >= 0.6 is 0 Å². The van der Waals surface area contributed by atoms with Crippen molar-refractivity contribution >= 4 is 15.7 Å². The molecule has 0 amide bonds. The Morgan fingerprint density at radius 3 is 2.21 bits per heavy atom. The fraction of sp³-hybridized carbons (Fsp3) is 0.538. The van der Waals surface area contributed by atoms with Crippen molar-refractivity contribution in [3.05, 3.63) is 23.3 Å². The number of rotatable bonds is 5. The lowest BCUT2D eigenvalue weighted by Crippen LogP contribution is -2.40. The number of hydrogen-bond acceptors (Lipinski definition) is 4. The molecule has 1 unspecified atom stereocenters. The number of aryl methyl sites for hydroxylation is 2. The van der Waals surface area contributed by atoms with Crippen molar-refractivity contribution < 1.29 is 13.5 Å². The van der Waals surface area contributed by atoms with E-state index in [9.17, 15) is 13.5 Å². The van der Waals surface area contributed by atoms with Gasteiger partial charge < -0.3 is 10.8 Å². The molecule has 1 rings (SSSR count). The first-order valence-electron chi connectivity index (χ1n) is 6.18. The van der Waals surface area contributed by atoms with Crippen LogP contribution in [0.1, 0.15) is 31.4 Å². The summed E-state index contributed by atoms with van der Waals surface area (Å²) in [5, 5.41) is 9.87. The van der Waals surface area contributed by atoms with Gasteiger partial charge in [0.25, 0.3) is 0 Å². The fourth-order valence-corrected chi connectivity index (χ4v) is 3.47. The lowest BCUT2D eigenvalue weighted by Gasteiger charge is -2.22. The van der Waals surface area contributed by atoms with E-state index in [4.69, 9.17) is 5.73 Å². The van der Waals surface area contributed by atoms with E-state index in [0.717, 1.165) is 0 Å². The highest BCUT2D eigenvalue weighted by atomic mass is 32.2. The van der Waals surface area contributed by atoms with Gasteiger partial charge in [0.1, 0.15) is 0 Å². The number of sulfonamides is 1. The molecule has 0 spiro atoms. The molecular weight excluding hydrogens is 264 g/mol. The van der Waals surface area contributed by atoms with E-state index >= 15 is 0 Å². The molecule has 1 atom stereocenters. The number of nitrogens with two attached hydrogens (primary N) is 1. The molecule has 0 bridgehead atoms. The third-order valence-corrected chi connectivity index (χ3v) is 4.86. The van der Waals surface area contributed by atoms with E-state index in [1.165, 1.54) is 0 Å². The first-order chi connectivity index (χ1) is 8.59. The van der Waals surface area contributed by atoms with Gasteiger partial charge >= 0.3 is 0 Å². The number of nitrogens with one attached hydrogen (secondary N) is 1. The maximum Gasteiger partial charge on any atom is 0.241 e. The number of benzene rings is 1. The quantitative estimate of drug-likeness (QED) is 0.712. The molecule has 0 aliphatic heterocycles. The normalized spacial score (nSPS) is 15.2. The van der Waals surface area contributed by atoms with Gasteiger partial charge in [0.2, 0.25) is 10.0 Å². The van der Waals surface area contributed by atoms with E-state index in [-0.39, 0.29) is 11.4 Å². The lowest BCUT2D eigenvalue weighted by molar-refractivity contribution is 0.0613. The Hall–Kier alpha value is -1.11. The van der Waals surface area contributed by atoms with E-state index in [2.05, 4.69) is 4.72 Å². The van der Waals surface area contributed by atoms with Crippen LogP contribution in [0.2, 0.25) is 0 Å².